The molecule has 2 bridgehead atoms. The first-order valence-corrected chi connectivity index (χ1v) is 11.8. The molecule has 2 saturated heterocycles. The van der Waals surface area contributed by atoms with Crippen molar-refractivity contribution in [2.24, 2.45) is 0 Å². The molecule has 2 aromatic heterocycles. The highest BCUT2D eigenvalue weighted by Crippen LogP contribution is 2.36. The van der Waals surface area contributed by atoms with Crippen molar-refractivity contribution in [2.45, 2.75) is 36.2 Å². The fourth-order valence-electron chi connectivity index (χ4n) is 4.02. The molecule has 1 N–H and O–H groups in total. The van der Waals surface area contributed by atoms with Crippen molar-refractivity contribution >= 4 is 38.3 Å². The average Bonchev–Trinajstić information content (AvgIpc) is 3.29. The van der Waals surface area contributed by atoms with E-state index in [4.69, 9.17) is 4.42 Å². The summed E-state index contributed by atoms with van der Waals surface area (Å²) >= 11 is 1.45. The smallest absolute Gasteiger partial charge is 0.298 e. The summed E-state index contributed by atoms with van der Waals surface area (Å²) in [5, 5.41) is 6.24. The monoisotopic (exact) mass is 404 g/mol. The van der Waals surface area contributed by atoms with Gasteiger partial charge >= 0.3 is 0 Å². The first-order valence-electron chi connectivity index (χ1n) is 9.03. The highest BCUT2D eigenvalue weighted by Gasteiger charge is 2.32. The standard InChI is InChI=1S/C18H20N4O3S2/c1-27(23,24)13-7-14(17-19-5-6-26-17)16-15(8-13)21-18(25-16)22-9-11-3-2-4-12(10-22)20-11/h5-8,11-12,20H,2-4,9-10H2,1H3. The van der Waals surface area contributed by atoms with Crippen LogP contribution in [0.3, 0.4) is 0 Å². The van der Waals surface area contributed by atoms with E-state index in [0.717, 1.165) is 30.9 Å². The van der Waals surface area contributed by atoms with Gasteiger partial charge in [-0.05, 0) is 25.0 Å². The van der Waals surface area contributed by atoms with Crippen LogP contribution in [0.25, 0.3) is 21.7 Å². The molecule has 9 heteroatoms. The van der Waals surface area contributed by atoms with Gasteiger partial charge in [0, 0.05) is 43.0 Å². The van der Waals surface area contributed by atoms with Gasteiger partial charge in [0.1, 0.15) is 10.5 Å². The van der Waals surface area contributed by atoms with Gasteiger partial charge in [0.05, 0.1) is 10.5 Å². The number of piperidine rings is 1. The zero-order valence-corrected chi connectivity index (χ0v) is 16.5. The Morgan fingerprint density at radius 2 is 2.04 bits per heavy atom. The summed E-state index contributed by atoms with van der Waals surface area (Å²) in [6.45, 7) is 1.71. The van der Waals surface area contributed by atoms with Crippen LogP contribution in [0.4, 0.5) is 6.01 Å². The first kappa shape index (κ1) is 17.2. The number of thiazole rings is 1. The highest BCUT2D eigenvalue weighted by atomic mass is 32.2. The molecule has 1 aromatic carbocycles. The minimum Gasteiger partial charge on any atom is -0.423 e. The van der Waals surface area contributed by atoms with Gasteiger partial charge in [0.2, 0.25) is 0 Å². The molecular weight excluding hydrogens is 384 g/mol. The van der Waals surface area contributed by atoms with Gasteiger partial charge < -0.3 is 14.6 Å². The predicted octanol–water partition coefficient (Wildman–Crippen LogP) is 2.69. The molecule has 4 heterocycles. The van der Waals surface area contributed by atoms with Crippen molar-refractivity contribution in [3.63, 3.8) is 0 Å². The van der Waals surface area contributed by atoms with Gasteiger partial charge in [0.15, 0.2) is 15.4 Å². The van der Waals surface area contributed by atoms with E-state index in [9.17, 15) is 8.42 Å². The third-order valence-electron chi connectivity index (χ3n) is 5.27. The lowest BCUT2D eigenvalue weighted by Crippen LogP contribution is -2.58. The molecule has 0 aliphatic carbocycles. The molecule has 27 heavy (non-hydrogen) atoms. The van der Waals surface area contributed by atoms with Crippen molar-refractivity contribution in [3.05, 3.63) is 23.7 Å². The number of nitrogens with one attached hydrogen (secondary N) is 1. The van der Waals surface area contributed by atoms with Crippen LogP contribution in [0.15, 0.2) is 33.0 Å². The molecule has 2 atom stereocenters. The Morgan fingerprint density at radius 1 is 1.26 bits per heavy atom. The van der Waals surface area contributed by atoms with Gasteiger partial charge in [0.25, 0.3) is 6.01 Å². The molecule has 142 valence electrons. The summed E-state index contributed by atoms with van der Waals surface area (Å²) in [4.78, 5) is 11.4. The largest absolute Gasteiger partial charge is 0.423 e. The molecule has 5 rings (SSSR count). The maximum Gasteiger partial charge on any atom is 0.298 e. The number of hydrogen-bond acceptors (Lipinski definition) is 8. The number of benzene rings is 1. The molecule has 0 amide bonds. The summed E-state index contributed by atoms with van der Waals surface area (Å²) in [5.74, 6) is 0. The van der Waals surface area contributed by atoms with E-state index in [1.807, 2.05) is 5.38 Å². The second kappa shape index (κ2) is 6.29. The first-order chi connectivity index (χ1) is 13.0. The second-order valence-electron chi connectivity index (χ2n) is 7.32. The molecule has 2 aliphatic heterocycles. The number of hydrogen-bond donors (Lipinski definition) is 1. The third-order valence-corrected chi connectivity index (χ3v) is 7.17. The number of piperazine rings is 1. The Hall–Kier alpha value is -1.97. The molecule has 2 unspecified atom stereocenters. The van der Waals surface area contributed by atoms with Gasteiger partial charge in [-0.15, -0.1) is 11.3 Å². The fourth-order valence-corrected chi connectivity index (χ4v) is 5.33. The van der Waals surface area contributed by atoms with Crippen LogP contribution in [-0.4, -0.2) is 49.8 Å². The minimum atomic E-state index is -3.36. The average molecular weight is 405 g/mol. The number of anilines is 1. The number of fused-ring (bicyclic) bond motifs is 3. The van der Waals surface area contributed by atoms with Crippen molar-refractivity contribution in [1.82, 2.24) is 15.3 Å². The van der Waals surface area contributed by atoms with Crippen LogP contribution in [-0.2, 0) is 9.84 Å². The quantitative estimate of drug-likeness (QED) is 0.718. The van der Waals surface area contributed by atoms with E-state index in [2.05, 4.69) is 20.2 Å². The van der Waals surface area contributed by atoms with Crippen LogP contribution < -0.4 is 10.2 Å². The van der Waals surface area contributed by atoms with Gasteiger partial charge in [-0.25, -0.2) is 13.4 Å². The van der Waals surface area contributed by atoms with Crippen LogP contribution in [0.5, 0.6) is 0 Å². The van der Waals surface area contributed by atoms with Gasteiger partial charge in [-0.3, -0.25) is 0 Å². The zero-order chi connectivity index (χ0) is 18.6. The molecule has 3 aromatic rings. The summed E-state index contributed by atoms with van der Waals surface area (Å²) in [7, 11) is -3.36. The normalized spacial score (nSPS) is 23.1. The Morgan fingerprint density at radius 3 is 2.70 bits per heavy atom. The lowest BCUT2D eigenvalue weighted by Gasteiger charge is -2.41. The molecular formula is C18H20N4O3S2. The Labute approximate surface area is 161 Å². The van der Waals surface area contributed by atoms with E-state index in [1.54, 1.807) is 18.3 Å². The van der Waals surface area contributed by atoms with Crippen LogP contribution >= 0.6 is 11.3 Å². The predicted molar refractivity (Wildman–Crippen MR) is 105 cm³/mol. The van der Waals surface area contributed by atoms with Crippen molar-refractivity contribution in [1.29, 1.82) is 0 Å². The second-order valence-corrected chi connectivity index (χ2v) is 10.2. The summed E-state index contributed by atoms with van der Waals surface area (Å²) in [5.41, 5.74) is 1.83. The Kier molecular flexibility index (Phi) is 3.99. The lowest BCUT2D eigenvalue weighted by atomic mass is 9.94. The molecule has 0 spiro atoms. The maximum absolute atomic E-state index is 12.1. The van der Waals surface area contributed by atoms with E-state index in [-0.39, 0.29) is 4.90 Å². The lowest BCUT2D eigenvalue weighted by molar-refractivity contribution is 0.276. The van der Waals surface area contributed by atoms with E-state index in [0.29, 0.717) is 34.8 Å². The highest BCUT2D eigenvalue weighted by molar-refractivity contribution is 7.90. The van der Waals surface area contributed by atoms with Crippen LogP contribution in [0.2, 0.25) is 0 Å². The molecule has 0 radical (unpaired) electrons. The third kappa shape index (κ3) is 3.13. The topological polar surface area (TPSA) is 88.3 Å². The van der Waals surface area contributed by atoms with Crippen molar-refractivity contribution in [3.8, 4) is 10.6 Å². The number of aromatic nitrogens is 2. The molecule has 2 aliphatic rings. The Bertz CT molecular complexity index is 1080. The van der Waals surface area contributed by atoms with Gasteiger partial charge in [-0.1, -0.05) is 6.42 Å². The molecule has 0 saturated carbocycles. The van der Waals surface area contributed by atoms with Gasteiger partial charge in [-0.2, -0.15) is 4.98 Å². The maximum atomic E-state index is 12.1. The number of oxazole rings is 1. The number of nitrogens with zero attached hydrogens (tertiary/aromatic N) is 3. The fraction of sp³-hybridized carbons (Fsp3) is 0.444. The number of sulfone groups is 1. The SMILES string of the molecule is CS(=O)(=O)c1cc(-c2nccs2)c2oc(N3CC4CCCC(C3)N4)nc2c1. The van der Waals surface area contributed by atoms with E-state index >= 15 is 0 Å². The minimum absolute atomic E-state index is 0.234. The summed E-state index contributed by atoms with van der Waals surface area (Å²) < 4.78 is 30.4. The molecule has 2 fully saturated rings. The molecule has 7 nitrogen and oxygen atoms in total. The zero-order valence-electron chi connectivity index (χ0n) is 14.9. The van der Waals surface area contributed by atoms with E-state index in [1.165, 1.54) is 24.0 Å². The van der Waals surface area contributed by atoms with Crippen LogP contribution in [0.1, 0.15) is 19.3 Å². The summed E-state index contributed by atoms with van der Waals surface area (Å²) in [6.07, 6.45) is 6.49. The number of rotatable bonds is 3. The Balaban J connectivity index is 1.63. The van der Waals surface area contributed by atoms with E-state index < -0.39 is 9.84 Å². The summed E-state index contributed by atoms with van der Waals surface area (Å²) in [6, 6.07) is 4.71. The van der Waals surface area contributed by atoms with Crippen molar-refractivity contribution < 1.29 is 12.8 Å². The van der Waals surface area contributed by atoms with Crippen LogP contribution in [0, 0.1) is 0 Å². The van der Waals surface area contributed by atoms with Crippen molar-refractivity contribution in [2.75, 3.05) is 24.2 Å².